The second-order valence-electron chi connectivity index (χ2n) is 14.2. The minimum atomic E-state index is 0.108. The van der Waals surface area contributed by atoms with Gasteiger partial charge in [-0.25, -0.2) is 0 Å². The van der Waals surface area contributed by atoms with E-state index < -0.39 is 0 Å². The van der Waals surface area contributed by atoms with Crippen molar-refractivity contribution in [2.75, 3.05) is 9.80 Å². The van der Waals surface area contributed by atoms with Gasteiger partial charge in [0.2, 0.25) is 0 Å². The van der Waals surface area contributed by atoms with Gasteiger partial charge < -0.3 is 14.2 Å². The molecular weight excluding hydrogens is 619 g/mol. The van der Waals surface area contributed by atoms with Crippen LogP contribution in [-0.2, 0) is 6.42 Å². The molecule has 0 spiro atoms. The summed E-state index contributed by atoms with van der Waals surface area (Å²) in [7, 11) is 0. The summed E-state index contributed by atoms with van der Waals surface area (Å²) in [6.45, 7) is 4.60. The Labute approximate surface area is 298 Å². The lowest BCUT2D eigenvalue weighted by molar-refractivity contribution is 0.631. The van der Waals surface area contributed by atoms with Crippen LogP contribution >= 0.6 is 0 Å². The Hall–Kier alpha value is -6.26. The van der Waals surface area contributed by atoms with Gasteiger partial charge in [0.05, 0.1) is 0 Å². The first-order valence-electron chi connectivity index (χ1n) is 17.8. The number of furan rings is 1. The highest BCUT2D eigenvalue weighted by Gasteiger charge is 2.45. The van der Waals surface area contributed by atoms with Crippen LogP contribution in [0.5, 0.6) is 0 Å². The minimum absolute atomic E-state index is 0.108. The maximum Gasteiger partial charge on any atom is 0.252 e. The molecule has 1 aromatic heterocycles. The number of para-hydroxylation sites is 3. The van der Waals surface area contributed by atoms with Crippen molar-refractivity contribution < 1.29 is 4.42 Å². The Morgan fingerprint density at radius 1 is 0.510 bits per heavy atom. The molecule has 0 saturated carbocycles. The standard InChI is InChI=1S/C47H33BN2O/c1-29-23-39-41(24-30(29)2)49(37-21-19-32(20-22-37)45-28-34-14-7-9-18-44(34)51-45)42-26-36(31-11-4-3-5-12-31)27-43-46(42)48(39)38-16-10-15-35-25-33-13-6-8-17-40(33)50(43)47(35)38/h3-24,26-28H,25H2,1-2H3. The summed E-state index contributed by atoms with van der Waals surface area (Å²) in [5.74, 6) is 0.882. The van der Waals surface area contributed by atoms with E-state index in [1.165, 1.54) is 78.2 Å². The second kappa shape index (κ2) is 10.6. The van der Waals surface area contributed by atoms with E-state index in [9.17, 15) is 0 Å². The fourth-order valence-corrected chi connectivity index (χ4v) is 8.83. The third-order valence-corrected chi connectivity index (χ3v) is 11.3. The molecule has 0 aliphatic carbocycles. The molecule has 0 N–H and O–H groups in total. The average molecular weight is 653 g/mol. The number of hydrogen-bond donors (Lipinski definition) is 0. The number of anilines is 6. The molecule has 7 aromatic carbocycles. The number of aryl methyl sites for hydroxylation is 2. The van der Waals surface area contributed by atoms with Crippen LogP contribution in [0.1, 0.15) is 22.3 Å². The molecule has 3 aliphatic rings. The summed E-state index contributed by atoms with van der Waals surface area (Å²) in [5, 5.41) is 1.12. The van der Waals surface area contributed by atoms with Gasteiger partial charge in [-0.05, 0) is 124 Å². The fraction of sp³-hybridized carbons (Fsp3) is 0.0638. The molecule has 0 radical (unpaired) electrons. The fourth-order valence-electron chi connectivity index (χ4n) is 8.83. The van der Waals surface area contributed by atoms with Crippen LogP contribution in [-0.4, -0.2) is 6.71 Å². The van der Waals surface area contributed by atoms with Crippen molar-refractivity contribution >= 4 is 68.2 Å². The molecule has 240 valence electrons. The van der Waals surface area contributed by atoms with E-state index in [0.717, 1.165) is 34.4 Å². The Morgan fingerprint density at radius 2 is 1.24 bits per heavy atom. The Bertz CT molecular complexity index is 2680. The van der Waals surface area contributed by atoms with E-state index in [4.69, 9.17) is 4.42 Å². The van der Waals surface area contributed by atoms with Gasteiger partial charge in [-0.1, -0.05) is 91.0 Å². The van der Waals surface area contributed by atoms with Crippen molar-refractivity contribution in [1.82, 2.24) is 0 Å². The molecule has 0 atom stereocenters. The van der Waals surface area contributed by atoms with E-state index in [-0.39, 0.29) is 6.71 Å². The third kappa shape index (κ3) is 4.14. The van der Waals surface area contributed by atoms with Crippen molar-refractivity contribution in [1.29, 1.82) is 0 Å². The van der Waals surface area contributed by atoms with Gasteiger partial charge in [0, 0.05) is 51.5 Å². The zero-order chi connectivity index (χ0) is 33.8. The van der Waals surface area contributed by atoms with Crippen molar-refractivity contribution in [3.8, 4) is 22.5 Å². The van der Waals surface area contributed by atoms with Crippen LogP contribution in [0.2, 0.25) is 0 Å². The van der Waals surface area contributed by atoms with Gasteiger partial charge in [0.1, 0.15) is 11.3 Å². The van der Waals surface area contributed by atoms with E-state index in [0.29, 0.717) is 0 Å². The Morgan fingerprint density at radius 3 is 2.08 bits per heavy atom. The number of benzene rings is 7. The van der Waals surface area contributed by atoms with Gasteiger partial charge >= 0.3 is 0 Å². The maximum absolute atomic E-state index is 6.28. The number of nitrogens with zero attached hydrogens (tertiary/aromatic N) is 2. The average Bonchev–Trinajstić information content (AvgIpc) is 3.61. The van der Waals surface area contributed by atoms with Gasteiger partial charge in [0.15, 0.2) is 0 Å². The summed E-state index contributed by atoms with van der Waals surface area (Å²) < 4.78 is 6.28. The largest absolute Gasteiger partial charge is 0.456 e. The smallest absolute Gasteiger partial charge is 0.252 e. The lowest BCUT2D eigenvalue weighted by Crippen LogP contribution is -2.62. The topological polar surface area (TPSA) is 19.6 Å². The van der Waals surface area contributed by atoms with Crippen molar-refractivity contribution in [3.63, 3.8) is 0 Å². The van der Waals surface area contributed by atoms with Gasteiger partial charge in [-0.3, -0.25) is 0 Å². The van der Waals surface area contributed by atoms with Gasteiger partial charge in [-0.2, -0.15) is 0 Å². The van der Waals surface area contributed by atoms with Gasteiger partial charge in [-0.15, -0.1) is 0 Å². The SMILES string of the molecule is Cc1cc2c(cc1C)N(c1ccc(-c3cc4ccccc4o3)cc1)c1cc(-c3ccccc3)cc3c1B2c1cccc2c1N3c1ccccc1C2. The Kier molecular flexibility index (Phi) is 5.95. The Balaban J connectivity index is 1.20. The van der Waals surface area contributed by atoms with E-state index in [1.807, 2.05) is 12.1 Å². The molecule has 0 amide bonds. The molecule has 3 nitrogen and oxygen atoms in total. The van der Waals surface area contributed by atoms with Crippen LogP contribution in [0.15, 0.2) is 156 Å². The molecule has 4 heterocycles. The van der Waals surface area contributed by atoms with E-state index >= 15 is 0 Å². The first kappa shape index (κ1) is 28.6. The normalized spacial score (nSPS) is 13.5. The highest BCUT2D eigenvalue weighted by atomic mass is 16.3. The molecule has 3 aliphatic heterocycles. The zero-order valence-corrected chi connectivity index (χ0v) is 28.5. The van der Waals surface area contributed by atoms with E-state index in [1.54, 1.807) is 0 Å². The quantitative estimate of drug-likeness (QED) is 0.177. The molecule has 51 heavy (non-hydrogen) atoms. The monoisotopic (exact) mass is 652 g/mol. The van der Waals surface area contributed by atoms with Gasteiger partial charge in [0.25, 0.3) is 6.71 Å². The van der Waals surface area contributed by atoms with Crippen LogP contribution in [0, 0.1) is 13.8 Å². The minimum Gasteiger partial charge on any atom is -0.456 e. The highest BCUT2D eigenvalue weighted by molar-refractivity contribution is 7.00. The lowest BCUT2D eigenvalue weighted by atomic mass is 9.33. The highest BCUT2D eigenvalue weighted by Crippen LogP contribution is 2.50. The lowest BCUT2D eigenvalue weighted by Gasteiger charge is -2.46. The third-order valence-electron chi connectivity index (χ3n) is 11.3. The summed E-state index contributed by atoms with van der Waals surface area (Å²) in [4.78, 5) is 5.08. The molecule has 4 heteroatoms. The summed E-state index contributed by atoms with van der Waals surface area (Å²) in [5.41, 5.74) is 21.3. The first-order chi connectivity index (χ1) is 25.1. The number of fused-ring (bicyclic) bond motifs is 7. The van der Waals surface area contributed by atoms with Crippen LogP contribution in [0.3, 0.4) is 0 Å². The second-order valence-corrected chi connectivity index (χ2v) is 14.2. The van der Waals surface area contributed by atoms with Crippen LogP contribution in [0.25, 0.3) is 33.4 Å². The zero-order valence-electron chi connectivity index (χ0n) is 28.5. The van der Waals surface area contributed by atoms with E-state index in [2.05, 4.69) is 163 Å². The molecule has 0 unspecified atom stereocenters. The van der Waals surface area contributed by atoms with Crippen molar-refractivity contribution in [3.05, 3.63) is 174 Å². The first-order valence-corrected chi connectivity index (χ1v) is 17.8. The summed E-state index contributed by atoms with van der Waals surface area (Å²) in [6, 6.07) is 55.8. The van der Waals surface area contributed by atoms with Crippen molar-refractivity contribution in [2.45, 2.75) is 20.3 Å². The molecule has 0 saturated heterocycles. The number of hydrogen-bond acceptors (Lipinski definition) is 3. The molecular formula is C47H33BN2O. The van der Waals surface area contributed by atoms with Crippen molar-refractivity contribution in [2.24, 2.45) is 0 Å². The molecule has 0 bridgehead atoms. The number of rotatable bonds is 3. The van der Waals surface area contributed by atoms with Crippen LogP contribution < -0.4 is 26.2 Å². The maximum atomic E-state index is 6.28. The molecule has 11 rings (SSSR count). The summed E-state index contributed by atoms with van der Waals surface area (Å²) in [6.07, 6.45) is 0.937. The predicted molar refractivity (Wildman–Crippen MR) is 213 cm³/mol. The molecule has 8 aromatic rings. The molecule has 0 fully saturated rings. The van der Waals surface area contributed by atoms with Crippen LogP contribution in [0.4, 0.5) is 34.1 Å². The predicted octanol–water partition coefficient (Wildman–Crippen LogP) is 10.4. The summed E-state index contributed by atoms with van der Waals surface area (Å²) >= 11 is 0.